The molecule has 0 radical (unpaired) electrons. The number of nitrogens with zero attached hydrogens (tertiary/aromatic N) is 2. The third-order valence-electron chi connectivity index (χ3n) is 5.07. The molecule has 1 aromatic rings. The van der Waals surface area contributed by atoms with Gasteiger partial charge in [0.25, 0.3) is 0 Å². The molecule has 1 aromatic heterocycles. The van der Waals surface area contributed by atoms with E-state index in [9.17, 15) is 4.79 Å². The second kappa shape index (κ2) is 7.52. The summed E-state index contributed by atoms with van der Waals surface area (Å²) in [6.07, 6.45) is 3.19. The summed E-state index contributed by atoms with van der Waals surface area (Å²) in [5.41, 5.74) is 1.30. The van der Waals surface area contributed by atoms with Crippen LogP contribution in [0.1, 0.15) is 29.7 Å². The zero-order valence-corrected chi connectivity index (χ0v) is 15.7. The normalized spacial score (nSPS) is 27.7. The maximum Gasteiger partial charge on any atom is 0.248 e. The molecule has 0 N–H and O–H groups in total. The highest BCUT2D eigenvalue weighted by atomic mass is 32.1. The van der Waals surface area contributed by atoms with Crippen molar-refractivity contribution in [3.05, 3.63) is 21.9 Å². The van der Waals surface area contributed by atoms with E-state index in [1.54, 1.807) is 19.0 Å². The van der Waals surface area contributed by atoms with Gasteiger partial charge in [-0.1, -0.05) is 0 Å². The van der Waals surface area contributed by atoms with Crippen LogP contribution in [0.25, 0.3) is 0 Å². The van der Waals surface area contributed by atoms with Gasteiger partial charge in [-0.3, -0.25) is 9.69 Å². The minimum Gasteiger partial charge on any atom is -0.371 e. The van der Waals surface area contributed by atoms with Crippen LogP contribution in [0.4, 0.5) is 0 Å². The Kier molecular flexibility index (Phi) is 5.59. The number of amides is 1. The van der Waals surface area contributed by atoms with Gasteiger partial charge in [-0.2, -0.15) is 0 Å². The van der Waals surface area contributed by atoms with Crippen molar-refractivity contribution in [2.45, 2.75) is 44.4 Å². The van der Waals surface area contributed by atoms with Crippen LogP contribution >= 0.6 is 11.3 Å². The fourth-order valence-corrected chi connectivity index (χ4v) is 4.55. The Labute approximate surface area is 148 Å². The van der Waals surface area contributed by atoms with E-state index in [1.165, 1.54) is 10.4 Å². The Morgan fingerprint density at radius 1 is 1.54 bits per heavy atom. The number of likely N-dealkylation sites (tertiary alicyclic amines) is 1. The molecule has 1 amide bonds. The van der Waals surface area contributed by atoms with Crippen LogP contribution in [0, 0.1) is 6.92 Å². The fraction of sp³-hybridized carbons (Fsp3) is 0.722. The topological polar surface area (TPSA) is 42.0 Å². The van der Waals surface area contributed by atoms with Gasteiger partial charge in [-0.05, 0) is 43.3 Å². The van der Waals surface area contributed by atoms with Crippen molar-refractivity contribution in [3.8, 4) is 0 Å². The van der Waals surface area contributed by atoms with Crippen LogP contribution in [0.3, 0.4) is 0 Å². The molecule has 2 atom stereocenters. The highest BCUT2D eigenvalue weighted by Gasteiger charge is 2.44. The summed E-state index contributed by atoms with van der Waals surface area (Å²) in [4.78, 5) is 17.2. The second-order valence-corrected chi connectivity index (χ2v) is 8.26. The van der Waals surface area contributed by atoms with Crippen LogP contribution in [-0.2, 0) is 20.8 Å². The molecule has 24 heavy (non-hydrogen) atoms. The third-order valence-corrected chi connectivity index (χ3v) is 6.08. The number of thiophene rings is 1. The van der Waals surface area contributed by atoms with E-state index < -0.39 is 0 Å². The molecule has 0 aromatic carbocycles. The summed E-state index contributed by atoms with van der Waals surface area (Å²) in [7, 11) is 3.51. The Bertz CT molecular complexity index is 574. The fourth-order valence-electron chi connectivity index (χ4n) is 3.61. The van der Waals surface area contributed by atoms with Gasteiger partial charge < -0.3 is 14.4 Å². The number of piperidine rings is 1. The molecule has 3 rings (SSSR count). The van der Waals surface area contributed by atoms with Crippen molar-refractivity contribution >= 4 is 17.2 Å². The van der Waals surface area contributed by atoms with E-state index in [0.29, 0.717) is 6.61 Å². The first kappa shape index (κ1) is 17.9. The van der Waals surface area contributed by atoms with Gasteiger partial charge in [0.1, 0.15) is 6.61 Å². The summed E-state index contributed by atoms with van der Waals surface area (Å²) < 4.78 is 12.0. The lowest BCUT2D eigenvalue weighted by Crippen LogP contribution is -2.47. The van der Waals surface area contributed by atoms with E-state index in [2.05, 4.69) is 23.3 Å². The van der Waals surface area contributed by atoms with Crippen molar-refractivity contribution in [1.82, 2.24) is 9.80 Å². The molecule has 3 heterocycles. The van der Waals surface area contributed by atoms with Gasteiger partial charge >= 0.3 is 0 Å². The first-order valence-electron chi connectivity index (χ1n) is 8.68. The van der Waals surface area contributed by atoms with Crippen LogP contribution in [0.2, 0.25) is 0 Å². The van der Waals surface area contributed by atoms with E-state index in [4.69, 9.17) is 9.47 Å². The smallest absolute Gasteiger partial charge is 0.248 e. The molecule has 0 saturated carbocycles. The number of rotatable bonds is 5. The molecule has 5 nitrogen and oxygen atoms in total. The maximum absolute atomic E-state index is 11.7. The number of likely N-dealkylation sites (N-methyl/N-ethyl adjacent to an activating group) is 1. The minimum atomic E-state index is -0.0881. The molecular formula is C18H28N2O3S. The Morgan fingerprint density at radius 3 is 3.08 bits per heavy atom. The average Bonchev–Trinajstić information content (AvgIpc) is 3.12. The number of ether oxygens (including phenoxy) is 2. The summed E-state index contributed by atoms with van der Waals surface area (Å²) in [5.74, 6) is 0.00870. The molecule has 2 aliphatic rings. The lowest BCUT2D eigenvalue weighted by atomic mass is 9.89. The maximum atomic E-state index is 11.7. The largest absolute Gasteiger partial charge is 0.371 e. The predicted molar refractivity (Wildman–Crippen MR) is 95.3 cm³/mol. The highest BCUT2D eigenvalue weighted by molar-refractivity contribution is 7.10. The number of carbonyl (C=O) groups excluding carboxylic acids is 1. The molecule has 0 aliphatic carbocycles. The molecular weight excluding hydrogens is 324 g/mol. The van der Waals surface area contributed by atoms with Gasteiger partial charge in [0.2, 0.25) is 5.91 Å². The van der Waals surface area contributed by atoms with E-state index in [-0.39, 0.29) is 24.2 Å². The van der Waals surface area contributed by atoms with E-state index in [0.717, 1.165) is 38.9 Å². The quantitative estimate of drug-likeness (QED) is 0.815. The van der Waals surface area contributed by atoms with Gasteiger partial charge in [-0.25, -0.2) is 0 Å². The van der Waals surface area contributed by atoms with Crippen molar-refractivity contribution in [1.29, 1.82) is 0 Å². The van der Waals surface area contributed by atoms with E-state index >= 15 is 0 Å². The summed E-state index contributed by atoms with van der Waals surface area (Å²) in [6, 6.07) is 2.19. The van der Waals surface area contributed by atoms with Crippen molar-refractivity contribution in [3.63, 3.8) is 0 Å². The van der Waals surface area contributed by atoms with Gasteiger partial charge in [0.05, 0.1) is 18.3 Å². The summed E-state index contributed by atoms with van der Waals surface area (Å²) >= 11 is 1.84. The van der Waals surface area contributed by atoms with Gasteiger partial charge in [0.15, 0.2) is 0 Å². The van der Waals surface area contributed by atoms with Crippen LogP contribution in [0.15, 0.2) is 11.4 Å². The molecule has 2 fully saturated rings. The number of hydrogen-bond donors (Lipinski definition) is 0. The Balaban J connectivity index is 1.52. The SMILES string of the molecule is Cc1ccsc1CN1CCC[C@]2(C[C@@H](OCC(=O)N(C)C)CO2)C1. The first-order valence-corrected chi connectivity index (χ1v) is 9.56. The molecule has 0 unspecified atom stereocenters. The van der Waals surface area contributed by atoms with Crippen molar-refractivity contribution < 1.29 is 14.3 Å². The Morgan fingerprint density at radius 2 is 2.38 bits per heavy atom. The lowest BCUT2D eigenvalue weighted by molar-refractivity contribution is -0.135. The Hall–Kier alpha value is -0.950. The van der Waals surface area contributed by atoms with Crippen molar-refractivity contribution in [2.24, 2.45) is 0 Å². The number of carbonyl (C=O) groups is 1. The predicted octanol–water partition coefficient (Wildman–Crippen LogP) is 2.28. The molecule has 134 valence electrons. The van der Waals surface area contributed by atoms with Crippen LogP contribution in [-0.4, -0.2) is 67.8 Å². The first-order chi connectivity index (χ1) is 11.5. The third kappa shape index (κ3) is 4.17. The molecule has 6 heteroatoms. The standard InChI is InChI=1S/C18H28N2O3S/c1-14-5-8-24-16(14)10-20-7-4-6-18(13-20)9-15(11-23-18)22-12-17(21)19(2)3/h5,8,15H,4,6-7,9-13H2,1-3H3/t15-,18+/m1/s1. The lowest BCUT2D eigenvalue weighted by Gasteiger charge is -2.39. The zero-order chi connectivity index (χ0) is 17.2. The molecule has 1 spiro atoms. The van der Waals surface area contributed by atoms with Crippen molar-refractivity contribution in [2.75, 3.05) is 40.4 Å². The average molecular weight is 353 g/mol. The second-order valence-electron chi connectivity index (χ2n) is 7.26. The summed E-state index contributed by atoms with van der Waals surface area (Å²) in [5, 5.41) is 2.17. The van der Waals surface area contributed by atoms with Crippen LogP contribution < -0.4 is 0 Å². The number of hydrogen-bond acceptors (Lipinski definition) is 5. The monoisotopic (exact) mass is 352 g/mol. The minimum absolute atomic E-state index is 0.00870. The highest BCUT2D eigenvalue weighted by Crippen LogP contribution is 2.36. The van der Waals surface area contributed by atoms with Gasteiger partial charge in [0, 0.05) is 38.5 Å². The zero-order valence-electron chi connectivity index (χ0n) is 14.9. The summed E-state index contributed by atoms with van der Waals surface area (Å²) in [6.45, 7) is 6.04. The molecule has 0 bridgehead atoms. The van der Waals surface area contributed by atoms with Gasteiger partial charge in [-0.15, -0.1) is 11.3 Å². The molecule has 2 saturated heterocycles. The molecule has 2 aliphatic heterocycles. The van der Waals surface area contributed by atoms with Crippen LogP contribution in [0.5, 0.6) is 0 Å². The number of aryl methyl sites for hydroxylation is 1. The van der Waals surface area contributed by atoms with E-state index in [1.807, 2.05) is 11.3 Å².